The molecule has 2 heterocycles. The van der Waals surface area contributed by atoms with Gasteiger partial charge < -0.3 is 15.3 Å². The summed E-state index contributed by atoms with van der Waals surface area (Å²) in [5, 5.41) is 3.14. The predicted octanol–water partition coefficient (Wildman–Crippen LogP) is 1.74. The molecular weight excluding hydrogens is 242 g/mol. The lowest BCUT2D eigenvalue weighted by Gasteiger charge is -2.04. The minimum absolute atomic E-state index is 0.205. The first-order valence-corrected chi connectivity index (χ1v) is 6.04. The number of aromatic nitrogens is 4. The molecule has 19 heavy (non-hydrogen) atoms. The van der Waals surface area contributed by atoms with Crippen molar-refractivity contribution in [1.29, 1.82) is 0 Å². The normalized spacial score (nSPS) is 10.8. The van der Waals surface area contributed by atoms with Crippen LogP contribution in [0.15, 0.2) is 35.4 Å². The van der Waals surface area contributed by atoms with Gasteiger partial charge in [0.15, 0.2) is 0 Å². The Morgan fingerprint density at radius 1 is 1.16 bits per heavy atom. The third-order valence-electron chi connectivity index (χ3n) is 2.84. The van der Waals surface area contributed by atoms with Crippen molar-refractivity contribution in [2.24, 2.45) is 0 Å². The van der Waals surface area contributed by atoms with E-state index in [1.807, 2.05) is 31.2 Å². The summed E-state index contributed by atoms with van der Waals surface area (Å²) in [4.78, 5) is 25.1. The van der Waals surface area contributed by atoms with Gasteiger partial charge in [0.2, 0.25) is 0 Å². The number of nitrogens with one attached hydrogen (secondary N) is 3. The highest BCUT2D eigenvalue weighted by molar-refractivity contribution is 5.80. The number of H-pyrrole nitrogens is 2. The van der Waals surface area contributed by atoms with Crippen LogP contribution in [0.2, 0.25) is 0 Å². The molecule has 3 N–H and O–H groups in total. The first-order valence-electron chi connectivity index (χ1n) is 6.04. The summed E-state index contributed by atoms with van der Waals surface area (Å²) in [7, 11) is 0. The Bertz CT molecular complexity index is 774. The second kappa shape index (κ2) is 4.56. The van der Waals surface area contributed by atoms with Gasteiger partial charge in [0, 0.05) is 18.2 Å². The van der Waals surface area contributed by atoms with Gasteiger partial charge in [-0.05, 0) is 19.1 Å². The molecule has 96 valence electrons. The van der Waals surface area contributed by atoms with E-state index in [0.29, 0.717) is 0 Å². The lowest BCUT2D eigenvalue weighted by molar-refractivity contribution is 1.11. The van der Waals surface area contributed by atoms with Crippen molar-refractivity contribution in [1.82, 2.24) is 19.9 Å². The highest BCUT2D eigenvalue weighted by Crippen LogP contribution is 2.21. The van der Waals surface area contributed by atoms with E-state index in [1.165, 1.54) is 6.33 Å². The van der Waals surface area contributed by atoms with Crippen LogP contribution in [0.5, 0.6) is 0 Å². The summed E-state index contributed by atoms with van der Waals surface area (Å²) in [6.07, 6.45) is 1.53. The summed E-state index contributed by atoms with van der Waals surface area (Å²) in [5.74, 6) is 0.787. The molecule has 1 aromatic carbocycles. The minimum Gasteiger partial charge on any atom is -0.370 e. The summed E-state index contributed by atoms with van der Waals surface area (Å²) in [6.45, 7) is 2.82. The maximum Gasteiger partial charge on any atom is 0.323 e. The fraction of sp³-hybridized carbons (Fsp3) is 0.154. The van der Waals surface area contributed by atoms with Crippen LogP contribution >= 0.6 is 0 Å². The molecule has 0 spiro atoms. The van der Waals surface area contributed by atoms with Crippen LogP contribution in [0.1, 0.15) is 6.92 Å². The lowest BCUT2D eigenvalue weighted by atomic mass is 10.1. The second-order valence-electron chi connectivity index (χ2n) is 4.16. The number of fused-ring (bicyclic) bond motifs is 1. The maximum absolute atomic E-state index is 11.2. The average molecular weight is 255 g/mol. The van der Waals surface area contributed by atoms with Gasteiger partial charge in [-0.1, -0.05) is 6.07 Å². The van der Waals surface area contributed by atoms with Crippen molar-refractivity contribution < 1.29 is 0 Å². The van der Waals surface area contributed by atoms with Gasteiger partial charge in [-0.3, -0.25) is 0 Å². The quantitative estimate of drug-likeness (QED) is 0.665. The van der Waals surface area contributed by atoms with Crippen molar-refractivity contribution in [3.05, 3.63) is 41.1 Å². The molecular formula is C13H13N5O. The van der Waals surface area contributed by atoms with E-state index in [4.69, 9.17) is 0 Å². The molecule has 0 aliphatic heterocycles. The number of nitrogens with zero attached hydrogens (tertiary/aromatic N) is 2. The number of benzene rings is 1. The van der Waals surface area contributed by atoms with Crippen LogP contribution in [-0.2, 0) is 0 Å². The highest BCUT2D eigenvalue weighted by atomic mass is 16.1. The fourth-order valence-corrected chi connectivity index (χ4v) is 1.98. The molecule has 0 aliphatic carbocycles. The van der Waals surface area contributed by atoms with Crippen LogP contribution in [-0.4, -0.2) is 26.5 Å². The zero-order valence-corrected chi connectivity index (χ0v) is 10.4. The van der Waals surface area contributed by atoms with Gasteiger partial charge in [-0.25, -0.2) is 14.8 Å². The fourth-order valence-electron chi connectivity index (χ4n) is 1.98. The summed E-state index contributed by atoms with van der Waals surface area (Å²) in [5.41, 5.74) is 3.10. The number of anilines is 1. The zero-order chi connectivity index (χ0) is 13.2. The molecule has 0 bridgehead atoms. The Kier molecular flexibility index (Phi) is 2.75. The van der Waals surface area contributed by atoms with Gasteiger partial charge in [0.05, 0.1) is 16.7 Å². The zero-order valence-electron chi connectivity index (χ0n) is 10.4. The number of imidazole rings is 1. The number of rotatable bonds is 3. The average Bonchev–Trinajstić information content (AvgIpc) is 2.78. The van der Waals surface area contributed by atoms with E-state index in [1.54, 1.807) is 0 Å². The van der Waals surface area contributed by atoms with Crippen molar-refractivity contribution in [2.45, 2.75) is 6.92 Å². The van der Waals surface area contributed by atoms with Crippen molar-refractivity contribution in [3.8, 4) is 11.3 Å². The Morgan fingerprint density at radius 2 is 2.00 bits per heavy atom. The first kappa shape index (κ1) is 11.5. The second-order valence-corrected chi connectivity index (χ2v) is 4.16. The standard InChI is InChI=1S/C13H13N5O/c1-2-14-12-6-10(15-7-16-12)8-3-4-9-11(5-8)18-13(19)17-9/h3-7H,2H2,1H3,(H,14,15,16)(H2,17,18,19). The number of aromatic amines is 2. The van der Waals surface area contributed by atoms with Gasteiger partial charge in [-0.15, -0.1) is 0 Å². The van der Waals surface area contributed by atoms with Crippen molar-refractivity contribution in [2.75, 3.05) is 11.9 Å². The molecule has 0 saturated carbocycles. The van der Waals surface area contributed by atoms with E-state index in [9.17, 15) is 4.79 Å². The molecule has 0 radical (unpaired) electrons. The topological polar surface area (TPSA) is 86.5 Å². The molecule has 0 fully saturated rings. The van der Waals surface area contributed by atoms with Crippen molar-refractivity contribution >= 4 is 16.9 Å². The number of hydrogen-bond acceptors (Lipinski definition) is 4. The maximum atomic E-state index is 11.2. The molecule has 3 aromatic rings. The highest BCUT2D eigenvalue weighted by Gasteiger charge is 2.04. The first-order chi connectivity index (χ1) is 9.26. The Labute approximate surface area is 108 Å². The van der Waals surface area contributed by atoms with Crippen LogP contribution in [0, 0.1) is 0 Å². The van der Waals surface area contributed by atoms with Gasteiger partial charge in [-0.2, -0.15) is 0 Å². The van der Waals surface area contributed by atoms with Crippen LogP contribution in [0.3, 0.4) is 0 Å². The molecule has 0 amide bonds. The molecule has 0 unspecified atom stereocenters. The predicted molar refractivity (Wildman–Crippen MR) is 74.1 cm³/mol. The number of hydrogen-bond donors (Lipinski definition) is 3. The summed E-state index contributed by atoms with van der Waals surface area (Å²) >= 11 is 0. The van der Waals surface area contributed by atoms with E-state index in [0.717, 1.165) is 34.7 Å². The van der Waals surface area contributed by atoms with Crippen molar-refractivity contribution in [3.63, 3.8) is 0 Å². The van der Waals surface area contributed by atoms with Gasteiger partial charge >= 0.3 is 5.69 Å². The van der Waals surface area contributed by atoms with Gasteiger partial charge in [0.25, 0.3) is 0 Å². The Hall–Kier alpha value is -2.63. The molecule has 0 aliphatic rings. The Morgan fingerprint density at radius 3 is 2.84 bits per heavy atom. The monoisotopic (exact) mass is 255 g/mol. The van der Waals surface area contributed by atoms with E-state index < -0.39 is 0 Å². The van der Waals surface area contributed by atoms with E-state index in [2.05, 4.69) is 25.3 Å². The van der Waals surface area contributed by atoms with Crippen LogP contribution in [0.25, 0.3) is 22.3 Å². The molecule has 0 atom stereocenters. The lowest BCUT2D eigenvalue weighted by Crippen LogP contribution is -1.99. The molecule has 3 rings (SSSR count). The molecule has 6 nitrogen and oxygen atoms in total. The van der Waals surface area contributed by atoms with Crippen LogP contribution in [0.4, 0.5) is 5.82 Å². The summed E-state index contributed by atoms with van der Waals surface area (Å²) in [6, 6.07) is 7.56. The SMILES string of the molecule is CCNc1cc(-c2ccc3[nH]c(=O)[nH]c3c2)ncn1. The van der Waals surface area contributed by atoms with E-state index in [-0.39, 0.29) is 5.69 Å². The molecule has 2 aromatic heterocycles. The smallest absolute Gasteiger partial charge is 0.323 e. The Balaban J connectivity index is 2.07. The third kappa shape index (κ3) is 2.20. The minimum atomic E-state index is -0.205. The molecule has 6 heteroatoms. The van der Waals surface area contributed by atoms with Crippen LogP contribution < -0.4 is 11.0 Å². The summed E-state index contributed by atoms with van der Waals surface area (Å²) < 4.78 is 0. The third-order valence-corrected chi connectivity index (χ3v) is 2.84. The van der Waals surface area contributed by atoms with E-state index >= 15 is 0 Å². The molecule has 0 saturated heterocycles. The van der Waals surface area contributed by atoms with Gasteiger partial charge in [0.1, 0.15) is 12.1 Å². The largest absolute Gasteiger partial charge is 0.370 e.